The highest BCUT2D eigenvalue weighted by atomic mass is 16.5. The topological polar surface area (TPSA) is 29.5 Å². The van der Waals surface area contributed by atoms with Crippen molar-refractivity contribution in [3.8, 4) is 5.75 Å². The normalized spacial score (nSPS) is 22.6. The summed E-state index contributed by atoms with van der Waals surface area (Å²) in [5.41, 5.74) is 1.04. The molecule has 16 heavy (non-hydrogen) atoms. The van der Waals surface area contributed by atoms with Crippen molar-refractivity contribution in [3.05, 3.63) is 29.8 Å². The molecule has 2 nitrogen and oxygen atoms in total. The number of ether oxygens (including phenoxy) is 1. The Morgan fingerprint density at radius 1 is 1.06 bits per heavy atom. The molecule has 3 rings (SSSR count). The van der Waals surface area contributed by atoms with Gasteiger partial charge in [0.15, 0.2) is 0 Å². The van der Waals surface area contributed by atoms with E-state index < -0.39 is 0 Å². The highest BCUT2D eigenvalue weighted by Crippen LogP contribution is 2.38. The van der Waals surface area contributed by atoms with Gasteiger partial charge in [-0.2, -0.15) is 0 Å². The molecule has 0 heterocycles. The second kappa shape index (κ2) is 4.10. The molecule has 2 heteroatoms. The number of benzene rings is 1. The highest BCUT2D eigenvalue weighted by Gasteiger charge is 2.27. The predicted octanol–water partition coefficient (Wildman–Crippen LogP) is 3.06. The van der Waals surface area contributed by atoms with Gasteiger partial charge in [0.1, 0.15) is 5.75 Å². The lowest BCUT2D eigenvalue weighted by Crippen LogP contribution is -2.19. The van der Waals surface area contributed by atoms with Crippen LogP contribution in [0, 0.1) is 5.92 Å². The minimum absolute atomic E-state index is 0.274. The molecule has 0 aromatic heterocycles. The van der Waals surface area contributed by atoms with Crippen molar-refractivity contribution < 1.29 is 9.84 Å². The number of rotatable bonds is 4. The lowest BCUT2D eigenvalue weighted by atomic mass is 9.79. The van der Waals surface area contributed by atoms with E-state index in [0.29, 0.717) is 12.0 Å². The first-order valence-electron chi connectivity index (χ1n) is 6.27. The summed E-state index contributed by atoms with van der Waals surface area (Å²) >= 11 is 0. The minimum Gasteiger partial charge on any atom is -0.490 e. The zero-order chi connectivity index (χ0) is 11.0. The van der Waals surface area contributed by atoms with Gasteiger partial charge in [-0.15, -0.1) is 0 Å². The van der Waals surface area contributed by atoms with Crippen molar-refractivity contribution in [2.45, 2.75) is 44.3 Å². The lowest BCUT2D eigenvalue weighted by Gasteiger charge is -2.30. The first-order valence-corrected chi connectivity index (χ1v) is 6.27. The van der Waals surface area contributed by atoms with Crippen LogP contribution >= 0.6 is 0 Å². The molecule has 1 atom stereocenters. The van der Waals surface area contributed by atoms with E-state index in [0.717, 1.165) is 11.3 Å². The molecule has 0 radical (unpaired) electrons. The average molecular weight is 218 g/mol. The van der Waals surface area contributed by atoms with Gasteiger partial charge in [0.2, 0.25) is 0 Å². The van der Waals surface area contributed by atoms with E-state index >= 15 is 0 Å². The molecule has 0 spiro atoms. The molecule has 2 saturated carbocycles. The van der Waals surface area contributed by atoms with Gasteiger partial charge >= 0.3 is 0 Å². The first kappa shape index (κ1) is 10.2. The highest BCUT2D eigenvalue weighted by molar-refractivity contribution is 5.29. The Balaban J connectivity index is 1.65. The molecule has 1 aromatic rings. The van der Waals surface area contributed by atoms with Crippen molar-refractivity contribution in [3.63, 3.8) is 0 Å². The SMILES string of the molecule is OC(c1ccc(OC2CC2)cc1)C1CCC1. The van der Waals surface area contributed by atoms with Gasteiger partial charge in [0, 0.05) is 0 Å². The lowest BCUT2D eigenvalue weighted by molar-refractivity contribution is 0.0620. The molecule has 0 aliphatic heterocycles. The summed E-state index contributed by atoms with van der Waals surface area (Å²) < 4.78 is 5.68. The number of aliphatic hydroxyl groups excluding tert-OH is 1. The van der Waals surface area contributed by atoms with Gasteiger partial charge in [-0.1, -0.05) is 18.6 Å². The van der Waals surface area contributed by atoms with Crippen LogP contribution in [0.1, 0.15) is 43.8 Å². The Labute approximate surface area is 96.2 Å². The summed E-state index contributed by atoms with van der Waals surface area (Å²) in [5.74, 6) is 1.42. The third-order valence-corrected chi connectivity index (χ3v) is 3.65. The molecular formula is C14H18O2. The van der Waals surface area contributed by atoms with Crippen molar-refractivity contribution in [2.24, 2.45) is 5.92 Å². The zero-order valence-corrected chi connectivity index (χ0v) is 9.43. The standard InChI is InChI=1S/C14H18O2/c15-14(10-2-1-3-10)11-4-6-12(7-5-11)16-13-8-9-13/h4-7,10,13-15H,1-3,8-9H2. The van der Waals surface area contributed by atoms with Crippen LogP contribution < -0.4 is 4.74 Å². The van der Waals surface area contributed by atoms with Gasteiger partial charge in [0.25, 0.3) is 0 Å². The van der Waals surface area contributed by atoms with Crippen LogP contribution in [0.5, 0.6) is 5.75 Å². The summed E-state index contributed by atoms with van der Waals surface area (Å²) in [6.07, 6.45) is 6.15. The minimum atomic E-state index is -0.274. The second-order valence-electron chi connectivity index (χ2n) is 5.02. The van der Waals surface area contributed by atoms with Crippen LogP contribution in [0.3, 0.4) is 0 Å². The maximum atomic E-state index is 10.1. The van der Waals surface area contributed by atoms with E-state index in [1.54, 1.807) is 0 Å². The monoisotopic (exact) mass is 218 g/mol. The fraction of sp³-hybridized carbons (Fsp3) is 0.571. The molecule has 1 N–H and O–H groups in total. The van der Waals surface area contributed by atoms with Crippen molar-refractivity contribution in [1.82, 2.24) is 0 Å². The van der Waals surface area contributed by atoms with Gasteiger partial charge in [-0.25, -0.2) is 0 Å². The molecule has 2 fully saturated rings. The molecule has 2 aliphatic rings. The maximum absolute atomic E-state index is 10.1. The predicted molar refractivity (Wildman–Crippen MR) is 62.4 cm³/mol. The molecule has 1 unspecified atom stereocenters. The van der Waals surface area contributed by atoms with Gasteiger partial charge in [-0.3, -0.25) is 0 Å². The van der Waals surface area contributed by atoms with Crippen LogP contribution in [0.2, 0.25) is 0 Å². The summed E-state index contributed by atoms with van der Waals surface area (Å²) in [6.45, 7) is 0. The van der Waals surface area contributed by atoms with Crippen LogP contribution in [0.15, 0.2) is 24.3 Å². The Morgan fingerprint density at radius 3 is 2.25 bits per heavy atom. The van der Waals surface area contributed by atoms with Gasteiger partial charge in [-0.05, 0) is 49.3 Å². The number of aliphatic hydroxyl groups is 1. The second-order valence-corrected chi connectivity index (χ2v) is 5.02. The molecule has 0 saturated heterocycles. The summed E-state index contributed by atoms with van der Waals surface area (Å²) in [7, 11) is 0. The third-order valence-electron chi connectivity index (χ3n) is 3.65. The van der Waals surface area contributed by atoms with Gasteiger partial charge < -0.3 is 9.84 Å². The Hall–Kier alpha value is -1.02. The Kier molecular flexibility index (Phi) is 2.60. The van der Waals surface area contributed by atoms with E-state index in [-0.39, 0.29) is 6.10 Å². The fourth-order valence-corrected chi connectivity index (χ4v) is 2.15. The molecule has 86 valence electrons. The van der Waals surface area contributed by atoms with Gasteiger partial charge in [0.05, 0.1) is 12.2 Å². The summed E-state index contributed by atoms with van der Waals surface area (Å²) in [4.78, 5) is 0. The van der Waals surface area contributed by atoms with E-state index in [1.165, 1.54) is 32.1 Å². The number of hydrogen-bond donors (Lipinski definition) is 1. The Morgan fingerprint density at radius 2 is 1.75 bits per heavy atom. The van der Waals surface area contributed by atoms with Crippen LogP contribution in [-0.4, -0.2) is 11.2 Å². The van der Waals surface area contributed by atoms with Crippen molar-refractivity contribution >= 4 is 0 Å². The van der Waals surface area contributed by atoms with Crippen molar-refractivity contribution in [1.29, 1.82) is 0 Å². The van der Waals surface area contributed by atoms with Crippen LogP contribution in [0.25, 0.3) is 0 Å². The van der Waals surface area contributed by atoms with E-state index in [4.69, 9.17) is 4.74 Å². The fourth-order valence-electron chi connectivity index (χ4n) is 2.15. The summed E-state index contributed by atoms with van der Waals surface area (Å²) in [6, 6.07) is 7.96. The first-order chi connectivity index (χ1) is 7.83. The van der Waals surface area contributed by atoms with E-state index in [9.17, 15) is 5.11 Å². The number of hydrogen-bond acceptors (Lipinski definition) is 2. The summed E-state index contributed by atoms with van der Waals surface area (Å²) in [5, 5.41) is 10.1. The Bertz CT molecular complexity index is 350. The van der Waals surface area contributed by atoms with Crippen LogP contribution in [-0.2, 0) is 0 Å². The molecule has 2 aliphatic carbocycles. The quantitative estimate of drug-likeness (QED) is 0.841. The van der Waals surface area contributed by atoms with Crippen LogP contribution in [0.4, 0.5) is 0 Å². The zero-order valence-electron chi connectivity index (χ0n) is 9.43. The van der Waals surface area contributed by atoms with Crippen molar-refractivity contribution in [2.75, 3.05) is 0 Å². The third kappa shape index (κ3) is 2.07. The molecule has 0 amide bonds. The molecule has 0 bridgehead atoms. The average Bonchev–Trinajstić information content (AvgIpc) is 3.00. The smallest absolute Gasteiger partial charge is 0.119 e. The van der Waals surface area contributed by atoms with E-state index in [2.05, 4.69) is 0 Å². The molecule has 1 aromatic carbocycles. The van der Waals surface area contributed by atoms with E-state index in [1.807, 2.05) is 24.3 Å². The maximum Gasteiger partial charge on any atom is 0.119 e. The molecular weight excluding hydrogens is 200 g/mol. The largest absolute Gasteiger partial charge is 0.490 e.